The predicted molar refractivity (Wildman–Crippen MR) is 83.2 cm³/mol. The molecule has 1 aromatic rings. The Hall–Kier alpha value is -1.56. The molecule has 1 amide bonds. The molecule has 0 fully saturated rings. The second kappa shape index (κ2) is 7.89. The van der Waals surface area contributed by atoms with Crippen LogP contribution in [0.5, 0.6) is 0 Å². The van der Waals surface area contributed by atoms with E-state index >= 15 is 0 Å². The van der Waals surface area contributed by atoms with Crippen molar-refractivity contribution in [2.24, 2.45) is 5.92 Å². The monoisotopic (exact) mass is 296 g/mol. The first-order valence-electron chi connectivity index (χ1n) is 6.53. The summed E-state index contributed by atoms with van der Waals surface area (Å²) in [6.07, 6.45) is 1.08. The van der Waals surface area contributed by atoms with Gasteiger partial charge in [0.05, 0.1) is 21.9 Å². The highest BCUT2D eigenvalue weighted by Gasteiger charge is 2.14. The summed E-state index contributed by atoms with van der Waals surface area (Å²) in [5, 5.41) is 13.6. The summed E-state index contributed by atoms with van der Waals surface area (Å²) in [5.74, 6) is 1.82. The lowest BCUT2D eigenvalue weighted by Gasteiger charge is -2.09. The van der Waals surface area contributed by atoms with Gasteiger partial charge in [-0.25, -0.2) is 0 Å². The summed E-state index contributed by atoms with van der Waals surface area (Å²) < 4.78 is 0. The average molecular weight is 296 g/mol. The van der Waals surface area contributed by atoms with Crippen LogP contribution < -0.4 is 5.32 Å². The van der Waals surface area contributed by atoms with E-state index in [0.717, 1.165) is 12.2 Å². The molecule has 0 aliphatic rings. The molecule has 0 saturated heterocycles. The summed E-state index contributed by atoms with van der Waals surface area (Å²) in [7, 11) is 0. The van der Waals surface area contributed by atoms with Crippen LogP contribution in [0.1, 0.15) is 25.8 Å². The number of hydrogen-bond acceptors (Lipinski definition) is 4. The minimum atomic E-state index is -0.442. The molecule has 0 bridgehead atoms. The molecule has 0 unspecified atom stereocenters. The van der Waals surface area contributed by atoms with Crippen LogP contribution in [0.25, 0.3) is 0 Å². The second-order valence-electron chi connectivity index (χ2n) is 4.99. The van der Waals surface area contributed by atoms with Gasteiger partial charge in [-0.2, -0.15) is 11.8 Å². The van der Waals surface area contributed by atoms with Crippen LogP contribution in [-0.4, -0.2) is 22.3 Å². The molecule has 1 rings (SSSR count). The fourth-order valence-corrected chi connectivity index (χ4v) is 2.67. The van der Waals surface area contributed by atoms with E-state index in [2.05, 4.69) is 19.2 Å². The molecule has 110 valence electrons. The number of rotatable bonds is 7. The first-order chi connectivity index (χ1) is 9.41. The summed E-state index contributed by atoms with van der Waals surface area (Å²) >= 11 is 1.58. The standard InChI is InChI=1S/C14H20N2O3S/c1-10(2)7-8-20-9-14(17)15-12-5-4-6-13(11(12)3)16(18)19/h4-6,10H,7-9H2,1-3H3,(H,15,17). The van der Waals surface area contributed by atoms with Crippen LogP contribution in [0.4, 0.5) is 11.4 Å². The second-order valence-corrected chi connectivity index (χ2v) is 6.10. The highest BCUT2D eigenvalue weighted by Crippen LogP contribution is 2.25. The molecule has 6 heteroatoms. The third kappa shape index (κ3) is 5.21. The maximum atomic E-state index is 11.8. The molecule has 0 heterocycles. The van der Waals surface area contributed by atoms with Crippen LogP contribution in [0.2, 0.25) is 0 Å². The maximum Gasteiger partial charge on any atom is 0.274 e. The largest absolute Gasteiger partial charge is 0.325 e. The third-order valence-electron chi connectivity index (χ3n) is 2.85. The van der Waals surface area contributed by atoms with E-state index < -0.39 is 4.92 Å². The number of nitro groups is 1. The Kier molecular flexibility index (Phi) is 6.51. The van der Waals surface area contributed by atoms with Crippen LogP contribution >= 0.6 is 11.8 Å². The number of nitrogens with one attached hydrogen (secondary N) is 1. The first-order valence-corrected chi connectivity index (χ1v) is 7.69. The van der Waals surface area contributed by atoms with Gasteiger partial charge in [0.25, 0.3) is 5.69 Å². The van der Waals surface area contributed by atoms with Crippen LogP contribution in [-0.2, 0) is 4.79 Å². The highest BCUT2D eigenvalue weighted by atomic mass is 32.2. The molecular formula is C14H20N2O3S. The van der Waals surface area contributed by atoms with Crippen molar-refractivity contribution < 1.29 is 9.72 Å². The van der Waals surface area contributed by atoms with Crippen LogP contribution in [0, 0.1) is 23.0 Å². The zero-order valence-electron chi connectivity index (χ0n) is 12.0. The van der Waals surface area contributed by atoms with E-state index in [-0.39, 0.29) is 11.6 Å². The normalized spacial score (nSPS) is 10.6. The predicted octanol–water partition coefficient (Wildman–Crippen LogP) is 3.62. The Morgan fingerprint density at radius 1 is 1.45 bits per heavy atom. The molecule has 5 nitrogen and oxygen atoms in total. The van der Waals surface area contributed by atoms with Gasteiger partial charge in [-0.05, 0) is 31.1 Å². The van der Waals surface area contributed by atoms with Gasteiger partial charge in [-0.1, -0.05) is 19.9 Å². The molecule has 0 aliphatic carbocycles. The van der Waals surface area contributed by atoms with Gasteiger partial charge in [-0.3, -0.25) is 14.9 Å². The Labute approximate surface area is 123 Å². The van der Waals surface area contributed by atoms with Gasteiger partial charge in [0.2, 0.25) is 5.91 Å². The Bertz CT molecular complexity index is 489. The van der Waals surface area contributed by atoms with E-state index in [1.807, 2.05) is 0 Å². The van der Waals surface area contributed by atoms with E-state index in [0.29, 0.717) is 22.9 Å². The fourth-order valence-electron chi connectivity index (χ4n) is 1.63. The Morgan fingerprint density at radius 3 is 2.75 bits per heavy atom. The van der Waals surface area contributed by atoms with Gasteiger partial charge >= 0.3 is 0 Å². The van der Waals surface area contributed by atoms with Crippen molar-refractivity contribution in [1.29, 1.82) is 0 Å². The van der Waals surface area contributed by atoms with Gasteiger partial charge in [0.15, 0.2) is 0 Å². The molecule has 20 heavy (non-hydrogen) atoms. The van der Waals surface area contributed by atoms with Crippen molar-refractivity contribution in [1.82, 2.24) is 0 Å². The molecule has 0 spiro atoms. The van der Waals surface area contributed by atoms with Gasteiger partial charge in [-0.15, -0.1) is 0 Å². The number of benzene rings is 1. The number of amides is 1. The number of nitro benzene ring substituents is 1. The van der Waals surface area contributed by atoms with Gasteiger partial charge in [0, 0.05) is 6.07 Å². The lowest BCUT2D eigenvalue weighted by Crippen LogP contribution is -2.15. The molecule has 0 radical (unpaired) electrons. The minimum Gasteiger partial charge on any atom is -0.325 e. The van der Waals surface area contributed by atoms with Crippen LogP contribution in [0.3, 0.4) is 0 Å². The SMILES string of the molecule is Cc1c(NC(=O)CSCCC(C)C)cccc1[N+](=O)[O-]. The summed E-state index contributed by atoms with van der Waals surface area (Å²) in [5.41, 5.74) is 1.02. The van der Waals surface area contributed by atoms with Crippen molar-refractivity contribution >= 4 is 29.0 Å². The molecular weight excluding hydrogens is 276 g/mol. The Morgan fingerprint density at radius 2 is 2.15 bits per heavy atom. The first kappa shape index (κ1) is 16.5. The number of carbonyl (C=O) groups is 1. The summed E-state index contributed by atoms with van der Waals surface area (Å²) in [4.78, 5) is 22.2. The number of thioether (sulfide) groups is 1. The molecule has 1 aromatic carbocycles. The van der Waals surface area contributed by atoms with Crippen molar-refractivity contribution in [3.63, 3.8) is 0 Å². The van der Waals surface area contributed by atoms with E-state index in [1.165, 1.54) is 6.07 Å². The number of carbonyl (C=O) groups excluding carboxylic acids is 1. The van der Waals surface area contributed by atoms with Crippen molar-refractivity contribution in [3.8, 4) is 0 Å². The average Bonchev–Trinajstić information content (AvgIpc) is 2.36. The molecule has 0 aromatic heterocycles. The van der Waals surface area contributed by atoms with E-state index in [1.54, 1.807) is 30.8 Å². The lowest BCUT2D eigenvalue weighted by molar-refractivity contribution is -0.385. The summed E-state index contributed by atoms with van der Waals surface area (Å²) in [6.45, 7) is 5.93. The number of nitrogens with zero attached hydrogens (tertiary/aromatic N) is 1. The lowest BCUT2D eigenvalue weighted by atomic mass is 10.1. The highest BCUT2D eigenvalue weighted by molar-refractivity contribution is 7.99. The van der Waals surface area contributed by atoms with Gasteiger partial charge in [0.1, 0.15) is 0 Å². The van der Waals surface area contributed by atoms with Crippen molar-refractivity contribution in [3.05, 3.63) is 33.9 Å². The quantitative estimate of drug-likeness (QED) is 0.474. The molecule has 0 aliphatic heterocycles. The van der Waals surface area contributed by atoms with Crippen LogP contribution in [0.15, 0.2) is 18.2 Å². The topological polar surface area (TPSA) is 72.2 Å². The van der Waals surface area contributed by atoms with Crippen molar-refractivity contribution in [2.45, 2.75) is 27.2 Å². The van der Waals surface area contributed by atoms with E-state index in [4.69, 9.17) is 0 Å². The minimum absolute atomic E-state index is 0.0234. The number of anilines is 1. The fraction of sp³-hybridized carbons (Fsp3) is 0.500. The zero-order valence-corrected chi connectivity index (χ0v) is 12.8. The van der Waals surface area contributed by atoms with Gasteiger partial charge < -0.3 is 5.32 Å². The van der Waals surface area contributed by atoms with E-state index in [9.17, 15) is 14.9 Å². The third-order valence-corrected chi connectivity index (χ3v) is 3.84. The summed E-state index contributed by atoms with van der Waals surface area (Å²) in [6, 6.07) is 4.69. The maximum absolute atomic E-state index is 11.8. The zero-order chi connectivity index (χ0) is 15.1. The Balaban J connectivity index is 2.54. The van der Waals surface area contributed by atoms with Crippen molar-refractivity contribution in [2.75, 3.05) is 16.8 Å². The number of hydrogen-bond donors (Lipinski definition) is 1. The molecule has 0 atom stereocenters. The molecule has 1 N–H and O–H groups in total. The molecule has 0 saturated carbocycles. The smallest absolute Gasteiger partial charge is 0.274 e.